The number of hydrogen-bond acceptors (Lipinski definition) is 3. The van der Waals surface area contributed by atoms with Gasteiger partial charge >= 0.3 is 0 Å². The molecule has 5 nitrogen and oxygen atoms in total. The molecule has 1 aliphatic heterocycles. The SMILES string of the molecule is Cn1nncc1C(=O)N1CCc2c(Br)ccc(F)c2C1. The predicted molar refractivity (Wildman–Crippen MR) is 73.5 cm³/mol. The van der Waals surface area contributed by atoms with Crippen LogP contribution in [0.4, 0.5) is 4.39 Å². The van der Waals surface area contributed by atoms with Crippen molar-refractivity contribution in [2.75, 3.05) is 6.54 Å². The molecule has 0 saturated carbocycles. The minimum absolute atomic E-state index is 0.178. The highest BCUT2D eigenvalue weighted by Gasteiger charge is 2.26. The van der Waals surface area contributed by atoms with E-state index in [1.807, 2.05) is 0 Å². The molecule has 0 unspecified atom stereocenters. The third-order valence-electron chi connectivity index (χ3n) is 3.52. The number of fused-ring (bicyclic) bond motifs is 1. The van der Waals surface area contributed by atoms with E-state index >= 15 is 0 Å². The minimum atomic E-state index is -0.274. The Labute approximate surface area is 123 Å². The van der Waals surface area contributed by atoms with E-state index in [1.165, 1.54) is 16.9 Å². The van der Waals surface area contributed by atoms with Crippen molar-refractivity contribution in [3.05, 3.63) is 45.4 Å². The second kappa shape index (κ2) is 4.97. The molecule has 3 rings (SSSR count). The summed E-state index contributed by atoms with van der Waals surface area (Å²) in [6.07, 6.45) is 2.06. The van der Waals surface area contributed by atoms with Crippen molar-refractivity contribution in [2.24, 2.45) is 7.05 Å². The Kier molecular flexibility index (Phi) is 3.29. The van der Waals surface area contributed by atoms with Crippen LogP contribution in [0.15, 0.2) is 22.8 Å². The molecule has 0 bridgehead atoms. The Hall–Kier alpha value is -1.76. The van der Waals surface area contributed by atoms with Crippen LogP contribution in [0.1, 0.15) is 21.6 Å². The smallest absolute Gasteiger partial charge is 0.274 e. The molecule has 1 aromatic heterocycles. The van der Waals surface area contributed by atoms with Crippen molar-refractivity contribution in [3.8, 4) is 0 Å². The molecule has 0 N–H and O–H groups in total. The average molecular weight is 339 g/mol. The van der Waals surface area contributed by atoms with Gasteiger partial charge in [-0.25, -0.2) is 9.07 Å². The van der Waals surface area contributed by atoms with Crippen molar-refractivity contribution < 1.29 is 9.18 Å². The van der Waals surface area contributed by atoms with E-state index in [1.54, 1.807) is 18.0 Å². The topological polar surface area (TPSA) is 51.0 Å². The lowest BCUT2D eigenvalue weighted by atomic mass is 9.99. The van der Waals surface area contributed by atoms with Gasteiger partial charge < -0.3 is 4.90 Å². The summed E-state index contributed by atoms with van der Waals surface area (Å²) < 4.78 is 16.2. The molecule has 0 aliphatic carbocycles. The van der Waals surface area contributed by atoms with E-state index in [4.69, 9.17) is 0 Å². The Morgan fingerprint density at radius 2 is 2.20 bits per heavy atom. The molecule has 0 radical (unpaired) electrons. The van der Waals surface area contributed by atoms with E-state index < -0.39 is 0 Å². The van der Waals surface area contributed by atoms with E-state index in [-0.39, 0.29) is 18.3 Å². The lowest BCUT2D eigenvalue weighted by molar-refractivity contribution is 0.0721. The van der Waals surface area contributed by atoms with Gasteiger partial charge in [0.05, 0.1) is 6.20 Å². The molecular weight excluding hydrogens is 327 g/mol. The van der Waals surface area contributed by atoms with Crippen molar-refractivity contribution in [2.45, 2.75) is 13.0 Å². The fourth-order valence-electron chi connectivity index (χ4n) is 2.41. The molecule has 104 valence electrons. The monoisotopic (exact) mass is 338 g/mol. The quantitative estimate of drug-likeness (QED) is 0.798. The van der Waals surface area contributed by atoms with Gasteiger partial charge in [0.25, 0.3) is 5.91 Å². The molecule has 1 aromatic carbocycles. The number of carbonyl (C=O) groups excluding carboxylic acids is 1. The lowest BCUT2D eigenvalue weighted by Crippen LogP contribution is -2.37. The number of nitrogens with zero attached hydrogens (tertiary/aromatic N) is 4. The Morgan fingerprint density at radius 3 is 2.90 bits per heavy atom. The molecule has 0 atom stereocenters. The van der Waals surface area contributed by atoms with Crippen LogP contribution in [0.25, 0.3) is 0 Å². The molecule has 20 heavy (non-hydrogen) atoms. The lowest BCUT2D eigenvalue weighted by Gasteiger charge is -2.29. The van der Waals surface area contributed by atoms with Crippen LogP contribution in [0.3, 0.4) is 0 Å². The van der Waals surface area contributed by atoms with E-state index in [2.05, 4.69) is 26.2 Å². The van der Waals surface area contributed by atoms with Gasteiger partial charge in [-0.15, -0.1) is 5.10 Å². The maximum Gasteiger partial charge on any atom is 0.274 e. The van der Waals surface area contributed by atoms with Gasteiger partial charge in [-0.3, -0.25) is 4.79 Å². The Morgan fingerprint density at radius 1 is 1.40 bits per heavy atom. The van der Waals surface area contributed by atoms with Gasteiger partial charge in [-0.05, 0) is 24.1 Å². The highest BCUT2D eigenvalue weighted by molar-refractivity contribution is 9.10. The molecule has 1 aliphatic rings. The zero-order chi connectivity index (χ0) is 14.3. The van der Waals surface area contributed by atoms with E-state index in [0.717, 1.165) is 10.0 Å². The summed E-state index contributed by atoms with van der Waals surface area (Å²) in [5.74, 6) is -0.452. The number of carbonyl (C=O) groups is 1. The van der Waals surface area contributed by atoms with Gasteiger partial charge in [0.15, 0.2) is 0 Å². The number of halogens is 2. The summed E-state index contributed by atoms with van der Waals surface area (Å²) in [6.45, 7) is 0.823. The molecule has 2 heterocycles. The molecular formula is C13H12BrFN4O. The predicted octanol–water partition coefficient (Wildman–Crippen LogP) is 1.92. The highest BCUT2D eigenvalue weighted by Crippen LogP contribution is 2.29. The van der Waals surface area contributed by atoms with Gasteiger partial charge in [0.1, 0.15) is 11.5 Å². The first-order valence-electron chi connectivity index (χ1n) is 6.17. The minimum Gasteiger partial charge on any atom is -0.332 e. The van der Waals surface area contributed by atoms with Gasteiger partial charge in [-0.2, -0.15) is 0 Å². The maximum atomic E-state index is 13.9. The second-order valence-corrected chi connectivity index (χ2v) is 5.56. The number of aryl methyl sites for hydroxylation is 1. The first-order valence-corrected chi connectivity index (χ1v) is 6.97. The molecule has 1 amide bonds. The van der Waals surface area contributed by atoms with Crippen molar-refractivity contribution in [3.63, 3.8) is 0 Å². The fourth-order valence-corrected chi connectivity index (χ4v) is 2.98. The Bertz CT molecular complexity index is 685. The van der Waals surface area contributed by atoms with Crippen LogP contribution >= 0.6 is 15.9 Å². The highest BCUT2D eigenvalue weighted by atomic mass is 79.9. The van der Waals surface area contributed by atoms with Crippen LogP contribution < -0.4 is 0 Å². The van der Waals surface area contributed by atoms with Crippen LogP contribution in [-0.2, 0) is 20.0 Å². The number of hydrogen-bond donors (Lipinski definition) is 0. The molecule has 2 aromatic rings. The van der Waals surface area contributed by atoms with E-state index in [0.29, 0.717) is 24.2 Å². The second-order valence-electron chi connectivity index (χ2n) is 4.71. The zero-order valence-corrected chi connectivity index (χ0v) is 12.4. The molecule has 7 heteroatoms. The summed E-state index contributed by atoms with van der Waals surface area (Å²) in [5, 5.41) is 7.44. The summed E-state index contributed by atoms with van der Waals surface area (Å²) in [4.78, 5) is 14.0. The van der Waals surface area contributed by atoms with Crippen LogP contribution in [0.5, 0.6) is 0 Å². The third-order valence-corrected chi connectivity index (χ3v) is 4.26. The van der Waals surface area contributed by atoms with Crippen LogP contribution in [-0.4, -0.2) is 32.3 Å². The fraction of sp³-hybridized carbons (Fsp3) is 0.308. The van der Waals surface area contributed by atoms with Gasteiger partial charge in [-0.1, -0.05) is 21.1 Å². The number of benzene rings is 1. The van der Waals surface area contributed by atoms with Crippen molar-refractivity contribution >= 4 is 21.8 Å². The number of aromatic nitrogens is 3. The summed E-state index contributed by atoms with van der Waals surface area (Å²) in [5.41, 5.74) is 1.93. The number of amides is 1. The van der Waals surface area contributed by atoms with E-state index in [9.17, 15) is 9.18 Å². The standard InChI is InChI=1S/C13H12BrFN4O/c1-18-12(6-16-17-18)13(20)19-5-4-8-9(7-19)11(15)3-2-10(8)14/h2-3,6H,4-5,7H2,1H3. The van der Waals surface area contributed by atoms with Crippen LogP contribution in [0, 0.1) is 5.82 Å². The van der Waals surface area contributed by atoms with Gasteiger partial charge in [0.2, 0.25) is 0 Å². The first kappa shape index (κ1) is 13.2. The maximum absolute atomic E-state index is 13.9. The number of rotatable bonds is 1. The van der Waals surface area contributed by atoms with Crippen molar-refractivity contribution in [1.82, 2.24) is 19.9 Å². The molecule has 0 fully saturated rings. The van der Waals surface area contributed by atoms with Crippen molar-refractivity contribution in [1.29, 1.82) is 0 Å². The summed E-state index contributed by atoms with van der Waals surface area (Å²) in [6, 6.07) is 3.12. The molecule has 0 saturated heterocycles. The van der Waals surface area contributed by atoms with Gasteiger partial charge in [0, 0.05) is 30.2 Å². The third kappa shape index (κ3) is 2.11. The zero-order valence-electron chi connectivity index (χ0n) is 10.8. The average Bonchev–Trinajstić information content (AvgIpc) is 2.88. The molecule has 0 spiro atoms. The normalized spacial score (nSPS) is 14.2. The largest absolute Gasteiger partial charge is 0.332 e. The Balaban J connectivity index is 1.91. The first-order chi connectivity index (χ1) is 9.58. The van der Waals surface area contributed by atoms with Crippen LogP contribution in [0.2, 0.25) is 0 Å². The summed E-state index contributed by atoms with van der Waals surface area (Å²) >= 11 is 3.43. The summed E-state index contributed by atoms with van der Waals surface area (Å²) in [7, 11) is 1.66.